The molecule has 1 aliphatic rings. The molecule has 1 aromatic heterocycles. The molecule has 0 spiro atoms. The SMILES string of the molecule is Cc1ccc2c(c1)C(NC(=O)/C(=C/c1ccco1)c1ccccc1)CC(C)(C)O2. The van der Waals surface area contributed by atoms with Crippen LogP contribution in [-0.4, -0.2) is 11.5 Å². The van der Waals surface area contributed by atoms with E-state index in [4.69, 9.17) is 9.15 Å². The maximum absolute atomic E-state index is 13.4. The molecule has 148 valence electrons. The first kappa shape index (κ1) is 19.1. The van der Waals surface area contributed by atoms with Crippen LogP contribution in [0.4, 0.5) is 0 Å². The van der Waals surface area contributed by atoms with Crippen molar-refractivity contribution in [1.82, 2.24) is 5.32 Å². The molecule has 2 aromatic carbocycles. The van der Waals surface area contributed by atoms with Crippen molar-refractivity contribution >= 4 is 17.6 Å². The predicted octanol–water partition coefficient (Wildman–Crippen LogP) is 5.55. The van der Waals surface area contributed by atoms with E-state index in [0.29, 0.717) is 17.8 Å². The molecule has 0 fully saturated rings. The fourth-order valence-electron chi connectivity index (χ4n) is 3.75. The van der Waals surface area contributed by atoms with Crippen LogP contribution in [0.2, 0.25) is 0 Å². The Kier molecular flexibility index (Phi) is 5.01. The Bertz CT molecular complexity index is 1030. The van der Waals surface area contributed by atoms with Gasteiger partial charge in [-0.2, -0.15) is 0 Å². The Morgan fingerprint density at radius 3 is 2.62 bits per heavy atom. The highest BCUT2D eigenvalue weighted by Crippen LogP contribution is 2.40. The largest absolute Gasteiger partial charge is 0.487 e. The van der Waals surface area contributed by atoms with E-state index in [9.17, 15) is 4.79 Å². The Balaban J connectivity index is 1.69. The fourth-order valence-corrected chi connectivity index (χ4v) is 3.75. The maximum Gasteiger partial charge on any atom is 0.252 e. The van der Waals surface area contributed by atoms with Gasteiger partial charge in [0, 0.05) is 12.0 Å². The lowest BCUT2D eigenvalue weighted by Gasteiger charge is -2.38. The van der Waals surface area contributed by atoms with Crippen LogP contribution < -0.4 is 10.1 Å². The topological polar surface area (TPSA) is 51.5 Å². The van der Waals surface area contributed by atoms with Gasteiger partial charge in [-0.1, -0.05) is 48.0 Å². The minimum Gasteiger partial charge on any atom is -0.487 e. The van der Waals surface area contributed by atoms with Gasteiger partial charge in [-0.15, -0.1) is 0 Å². The molecule has 0 bridgehead atoms. The van der Waals surface area contributed by atoms with Crippen molar-refractivity contribution in [2.45, 2.75) is 38.8 Å². The lowest BCUT2D eigenvalue weighted by Crippen LogP contribution is -2.41. The van der Waals surface area contributed by atoms with Gasteiger partial charge in [0.2, 0.25) is 0 Å². The quantitative estimate of drug-likeness (QED) is 0.597. The summed E-state index contributed by atoms with van der Waals surface area (Å²) in [7, 11) is 0. The minimum atomic E-state index is -0.363. The number of benzene rings is 2. The predicted molar refractivity (Wildman–Crippen MR) is 114 cm³/mol. The van der Waals surface area contributed by atoms with Crippen LogP contribution in [-0.2, 0) is 4.79 Å². The molecule has 1 aliphatic heterocycles. The Hall–Kier alpha value is -3.27. The first-order valence-electron chi connectivity index (χ1n) is 9.82. The van der Waals surface area contributed by atoms with Gasteiger partial charge in [0.05, 0.1) is 17.9 Å². The number of hydrogen-bond acceptors (Lipinski definition) is 3. The summed E-state index contributed by atoms with van der Waals surface area (Å²) in [5.74, 6) is 1.33. The molecule has 29 heavy (non-hydrogen) atoms. The fraction of sp³-hybridized carbons (Fsp3) is 0.240. The molecular weight excluding hydrogens is 362 g/mol. The first-order valence-corrected chi connectivity index (χ1v) is 9.82. The van der Waals surface area contributed by atoms with Crippen molar-refractivity contribution in [3.05, 3.63) is 89.4 Å². The van der Waals surface area contributed by atoms with E-state index in [1.807, 2.05) is 75.4 Å². The van der Waals surface area contributed by atoms with E-state index >= 15 is 0 Å². The first-order chi connectivity index (χ1) is 13.9. The van der Waals surface area contributed by atoms with Gasteiger partial charge in [-0.05, 0) is 50.6 Å². The van der Waals surface area contributed by atoms with Crippen LogP contribution in [0.1, 0.15) is 48.8 Å². The van der Waals surface area contributed by atoms with Crippen LogP contribution in [0.15, 0.2) is 71.3 Å². The average Bonchev–Trinajstić information content (AvgIpc) is 3.20. The second kappa shape index (κ2) is 7.63. The van der Waals surface area contributed by atoms with Crippen LogP contribution >= 0.6 is 0 Å². The van der Waals surface area contributed by atoms with E-state index in [-0.39, 0.29) is 17.6 Å². The molecule has 0 radical (unpaired) electrons. The van der Waals surface area contributed by atoms with Crippen molar-refractivity contribution in [3.63, 3.8) is 0 Å². The normalized spacial score (nSPS) is 17.9. The molecule has 4 rings (SSSR count). The van der Waals surface area contributed by atoms with Crippen LogP contribution in [0.5, 0.6) is 5.75 Å². The smallest absolute Gasteiger partial charge is 0.252 e. The molecule has 4 heteroatoms. The maximum atomic E-state index is 13.4. The second-order valence-electron chi connectivity index (χ2n) is 8.07. The molecule has 1 amide bonds. The summed E-state index contributed by atoms with van der Waals surface area (Å²) in [5.41, 5.74) is 3.21. The highest BCUT2D eigenvalue weighted by molar-refractivity contribution is 6.24. The summed E-state index contributed by atoms with van der Waals surface area (Å²) in [6.07, 6.45) is 4.08. The lowest BCUT2D eigenvalue weighted by atomic mass is 9.88. The zero-order valence-corrected chi connectivity index (χ0v) is 16.9. The Labute approximate surface area is 171 Å². The van der Waals surface area contributed by atoms with Crippen LogP contribution in [0, 0.1) is 6.92 Å². The Morgan fingerprint density at radius 1 is 1.10 bits per heavy atom. The summed E-state index contributed by atoms with van der Waals surface area (Å²) in [6.45, 7) is 6.14. The molecule has 4 nitrogen and oxygen atoms in total. The highest BCUT2D eigenvalue weighted by Gasteiger charge is 2.35. The molecule has 1 atom stereocenters. The summed E-state index contributed by atoms with van der Waals surface area (Å²) < 4.78 is 11.6. The molecule has 2 heterocycles. The van der Waals surface area contributed by atoms with E-state index in [2.05, 4.69) is 11.4 Å². The molecule has 3 aromatic rings. The van der Waals surface area contributed by atoms with E-state index < -0.39 is 0 Å². The lowest BCUT2D eigenvalue weighted by molar-refractivity contribution is -0.116. The zero-order chi connectivity index (χ0) is 20.4. The molecule has 0 aliphatic carbocycles. The molecule has 0 saturated heterocycles. The number of rotatable bonds is 4. The van der Waals surface area contributed by atoms with Crippen molar-refractivity contribution < 1.29 is 13.9 Å². The van der Waals surface area contributed by atoms with E-state index in [1.165, 1.54) is 0 Å². The number of nitrogens with one attached hydrogen (secondary N) is 1. The highest BCUT2D eigenvalue weighted by atomic mass is 16.5. The third kappa shape index (κ3) is 4.27. The van der Waals surface area contributed by atoms with Gasteiger partial charge in [-0.3, -0.25) is 4.79 Å². The van der Waals surface area contributed by atoms with Gasteiger partial charge in [0.15, 0.2) is 0 Å². The van der Waals surface area contributed by atoms with Gasteiger partial charge < -0.3 is 14.5 Å². The van der Waals surface area contributed by atoms with Gasteiger partial charge in [0.25, 0.3) is 5.91 Å². The number of carbonyl (C=O) groups is 1. The number of hydrogen-bond donors (Lipinski definition) is 1. The number of ether oxygens (including phenoxy) is 1. The standard InChI is InChI=1S/C25H25NO3/c1-17-11-12-23-21(14-17)22(16-25(2,3)29-23)26-24(27)20(15-19-10-7-13-28-19)18-8-5-4-6-9-18/h4-15,22H,16H2,1-3H3,(H,26,27)/b20-15+. The third-order valence-corrected chi connectivity index (χ3v) is 5.09. The number of aryl methyl sites for hydroxylation is 1. The average molecular weight is 387 g/mol. The zero-order valence-electron chi connectivity index (χ0n) is 16.9. The minimum absolute atomic E-state index is 0.134. The van der Waals surface area contributed by atoms with Crippen molar-refractivity contribution in [2.75, 3.05) is 0 Å². The van der Waals surface area contributed by atoms with E-state index in [0.717, 1.165) is 22.4 Å². The second-order valence-corrected chi connectivity index (χ2v) is 8.07. The van der Waals surface area contributed by atoms with Crippen LogP contribution in [0.3, 0.4) is 0 Å². The Morgan fingerprint density at radius 2 is 1.90 bits per heavy atom. The van der Waals surface area contributed by atoms with Crippen molar-refractivity contribution in [3.8, 4) is 5.75 Å². The monoisotopic (exact) mass is 387 g/mol. The van der Waals surface area contributed by atoms with Gasteiger partial charge in [0.1, 0.15) is 17.1 Å². The summed E-state index contributed by atoms with van der Waals surface area (Å²) in [4.78, 5) is 13.4. The van der Waals surface area contributed by atoms with Crippen LogP contribution in [0.25, 0.3) is 11.6 Å². The molecule has 1 unspecified atom stereocenters. The van der Waals surface area contributed by atoms with E-state index in [1.54, 1.807) is 12.3 Å². The van der Waals surface area contributed by atoms with Crippen molar-refractivity contribution in [2.24, 2.45) is 0 Å². The molecule has 0 saturated carbocycles. The van der Waals surface area contributed by atoms with Crippen molar-refractivity contribution in [1.29, 1.82) is 0 Å². The number of furan rings is 1. The molecule has 1 N–H and O–H groups in total. The van der Waals surface area contributed by atoms with Gasteiger partial charge in [-0.25, -0.2) is 0 Å². The number of fused-ring (bicyclic) bond motifs is 1. The summed E-state index contributed by atoms with van der Waals surface area (Å²) in [5, 5.41) is 3.24. The number of amides is 1. The summed E-state index contributed by atoms with van der Waals surface area (Å²) in [6, 6.07) is 19.3. The third-order valence-electron chi connectivity index (χ3n) is 5.09. The number of carbonyl (C=O) groups excluding carboxylic acids is 1. The summed E-state index contributed by atoms with van der Waals surface area (Å²) >= 11 is 0. The van der Waals surface area contributed by atoms with Gasteiger partial charge >= 0.3 is 0 Å². The molecular formula is C25H25NO3.